The molecule has 1 aliphatic heterocycles. The third-order valence-electron chi connectivity index (χ3n) is 6.44. The smallest absolute Gasteiger partial charge is 0.301 e. The lowest BCUT2D eigenvalue weighted by atomic mass is 9.95. The normalized spacial score (nSPS) is 16.6. The Bertz CT molecular complexity index is 1520. The number of carbonyl (C=O) groups excluding carboxylic acids is 2. The summed E-state index contributed by atoms with van der Waals surface area (Å²) in [5, 5.41) is 20.2. The SMILES string of the molecule is CC(C)CCOc1cccc(C2/C(=C(\O)c3ccccc3)C(=O)C(=O)N2c2nnc(SCc3ccccc3)s2)c1. The van der Waals surface area contributed by atoms with Gasteiger partial charge in [-0.3, -0.25) is 14.5 Å². The van der Waals surface area contributed by atoms with Crippen molar-refractivity contribution in [2.24, 2.45) is 5.92 Å². The first-order valence-corrected chi connectivity index (χ1v) is 14.8. The topological polar surface area (TPSA) is 92.6 Å². The molecule has 40 heavy (non-hydrogen) atoms. The van der Waals surface area contributed by atoms with Crippen LogP contribution in [0.2, 0.25) is 0 Å². The molecule has 3 aromatic carbocycles. The van der Waals surface area contributed by atoms with E-state index < -0.39 is 17.7 Å². The molecule has 1 fully saturated rings. The third-order valence-corrected chi connectivity index (χ3v) is 8.56. The van der Waals surface area contributed by atoms with Gasteiger partial charge in [0.15, 0.2) is 4.34 Å². The molecule has 2 heterocycles. The molecule has 0 saturated carbocycles. The molecular formula is C31H29N3O4S2. The largest absolute Gasteiger partial charge is 0.507 e. The third kappa shape index (κ3) is 6.11. The van der Waals surface area contributed by atoms with E-state index >= 15 is 0 Å². The van der Waals surface area contributed by atoms with Gasteiger partial charge in [-0.2, -0.15) is 0 Å². The van der Waals surface area contributed by atoms with Crippen molar-refractivity contribution >= 4 is 45.7 Å². The van der Waals surface area contributed by atoms with Crippen molar-refractivity contribution in [1.29, 1.82) is 0 Å². The highest BCUT2D eigenvalue weighted by Crippen LogP contribution is 2.44. The highest BCUT2D eigenvalue weighted by molar-refractivity contribution is 8.00. The molecule has 1 saturated heterocycles. The van der Waals surface area contributed by atoms with Crippen LogP contribution in [0.3, 0.4) is 0 Å². The molecule has 204 valence electrons. The number of benzene rings is 3. The molecule has 0 aliphatic carbocycles. The van der Waals surface area contributed by atoms with E-state index in [0.717, 1.165) is 12.0 Å². The van der Waals surface area contributed by atoms with Gasteiger partial charge in [0, 0.05) is 11.3 Å². The van der Waals surface area contributed by atoms with Gasteiger partial charge in [0.1, 0.15) is 11.5 Å². The van der Waals surface area contributed by atoms with E-state index in [-0.39, 0.29) is 11.3 Å². The van der Waals surface area contributed by atoms with Crippen LogP contribution in [0, 0.1) is 5.92 Å². The molecule has 0 spiro atoms. The van der Waals surface area contributed by atoms with E-state index in [4.69, 9.17) is 4.74 Å². The molecule has 5 rings (SSSR count). The van der Waals surface area contributed by atoms with E-state index in [9.17, 15) is 14.7 Å². The minimum atomic E-state index is -0.895. The Labute approximate surface area is 241 Å². The van der Waals surface area contributed by atoms with Gasteiger partial charge >= 0.3 is 5.91 Å². The summed E-state index contributed by atoms with van der Waals surface area (Å²) >= 11 is 2.75. The Hall–Kier alpha value is -3.95. The van der Waals surface area contributed by atoms with Crippen LogP contribution in [-0.2, 0) is 15.3 Å². The van der Waals surface area contributed by atoms with Crippen LogP contribution in [-0.4, -0.2) is 33.6 Å². The highest BCUT2D eigenvalue weighted by Gasteiger charge is 2.48. The summed E-state index contributed by atoms with van der Waals surface area (Å²) in [4.78, 5) is 28.3. The number of hydrogen-bond acceptors (Lipinski definition) is 8. The fraction of sp³-hybridized carbons (Fsp3) is 0.226. The maximum Gasteiger partial charge on any atom is 0.301 e. The molecule has 1 atom stereocenters. The second kappa shape index (κ2) is 12.5. The van der Waals surface area contributed by atoms with Crippen molar-refractivity contribution in [2.45, 2.75) is 36.4 Å². The maximum atomic E-state index is 13.5. The van der Waals surface area contributed by atoms with E-state index in [1.54, 1.807) is 24.3 Å². The van der Waals surface area contributed by atoms with Crippen LogP contribution in [0.5, 0.6) is 5.75 Å². The van der Waals surface area contributed by atoms with Crippen LogP contribution in [0.4, 0.5) is 5.13 Å². The number of aromatic nitrogens is 2. The van der Waals surface area contributed by atoms with Gasteiger partial charge in [0.2, 0.25) is 5.13 Å². The van der Waals surface area contributed by atoms with Crippen molar-refractivity contribution in [3.05, 3.63) is 107 Å². The van der Waals surface area contributed by atoms with Crippen LogP contribution >= 0.6 is 23.1 Å². The first-order valence-electron chi connectivity index (χ1n) is 13.0. The summed E-state index contributed by atoms with van der Waals surface area (Å²) in [7, 11) is 0. The fourth-order valence-corrected chi connectivity index (χ4v) is 6.18. The minimum absolute atomic E-state index is 0.00391. The average molecular weight is 572 g/mol. The number of hydrogen-bond donors (Lipinski definition) is 1. The molecule has 7 nitrogen and oxygen atoms in total. The van der Waals surface area contributed by atoms with E-state index in [0.29, 0.717) is 44.6 Å². The highest BCUT2D eigenvalue weighted by atomic mass is 32.2. The van der Waals surface area contributed by atoms with Gasteiger partial charge in [-0.15, -0.1) is 10.2 Å². The second-order valence-electron chi connectivity index (χ2n) is 9.76. The number of rotatable bonds is 10. The summed E-state index contributed by atoms with van der Waals surface area (Å²) in [5.41, 5.74) is 2.23. The number of thioether (sulfide) groups is 1. The second-order valence-corrected chi connectivity index (χ2v) is 11.9. The average Bonchev–Trinajstić information content (AvgIpc) is 3.54. The minimum Gasteiger partial charge on any atom is -0.507 e. The lowest BCUT2D eigenvalue weighted by Crippen LogP contribution is -2.29. The molecule has 1 N–H and O–H groups in total. The molecule has 1 unspecified atom stereocenters. The Morgan fingerprint density at radius 2 is 1.73 bits per heavy atom. The van der Waals surface area contributed by atoms with Gasteiger partial charge in [-0.1, -0.05) is 110 Å². The van der Waals surface area contributed by atoms with Gasteiger partial charge < -0.3 is 9.84 Å². The Morgan fingerprint density at radius 1 is 1.00 bits per heavy atom. The molecule has 1 aromatic heterocycles. The Morgan fingerprint density at radius 3 is 2.45 bits per heavy atom. The number of Topliss-reactive ketones (excluding diaryl/α,β-unsaturated/α-hetero) is 1. The van der Waals surface area contributed by atoms with Crippen molar-refractivity contribution in [2.75, 3.05) is 11.5 Å². The standard InChI is InChI=1S/C31H29N3O4S2/c1-20(2)16-17-38-24-15-9-14-23(18-24)26-25(27(35)22-12-7-4-8-13-22)28(36)29(37)34(26)30-32-33-31(40-30)39-19-21-10-5-3-6-11-21/h3-15,18,20,26,35H,16-17,19H2,1-2H3/b27-25+. The zero-order chi connectivity index (χ0) is 28.1. The van der Waals surface area contributed by atoms with E-state index in [1.807, 2.05) is 60.7 Å². The number of anilines is 1. The van der Waals surface area contributed by atoms with E-state index in [2.05, 4.69) is 24.0 Å². The zero-order valence-corrected chi connectivity index (χ0v) is 23.8. The molecule has 1 amide bonds. The summed E-state index contributed by atoms with van der Waals surface area (Å²) < 4.78 is 6.65. The number of nitrogens with zero attached hydrogens (tertiary/aromatic N) is 3. The predicted molar refractivity (Wildman–Crippen MR) is 159 cm³/mol. The molecule has 0 bridgehead atoms. The number of aliphatic hydroxyl groups excluding tert-OH is 1. The van der Waals surface area contributed by atoms with Crippen molar-refractivity contribution in [3.63, 3.8) is 0 Å². The van der Waals surface area contributed by atoms with Crippen LogP contribution in [0.1, 0.15) is 43.0 Å². The number of aliphatic hydroxyl groups is 1. The van der Waals surface area contributed by atoms with Gasteiger partial charge in [0.05, 0.1) is 18.2 Å². The number of ether oxygens (including phenoxy) is 1. The molecule has 0 radical (unpaired) electrons. The molecular weight excluding hydrogens is 542 g/mol. The first kappa shape index (κ1) is 27.6. The molecule has 1 aliphatic rings. The first-order chi connectivity index (χ1) is 19.4. The monoisotopic (exact) mass is 571 g/mol. The van der Waals surface area contributed by atoms with E-state index in [1.165, 1.54) is 28.0 Å². The fourth-order valence-electron chi connectivity index (χ4n) is 4.36. The lowest BCUT2D eigenvalue weighted by Gasteiger charge is -2.23. The molecule has 4 aromatic rings. The molecule has 9 heteroatoms. The number of carbonyl (C=O) groups is 2. The maximum absolute atomic E-state index is 13.5. The van der Waals surface area contributed by atoms with Crippen LogP contribution in [0.25, 0.3) is 5.76 Å². The van der Waals surface area contributed by atoms with Crippen LogP contribution in [0.15, 0.2) is 94.8 Å². The van der Waals surface area contributed by atoms with Gasteiger partial charge in [-0.05, 0) is 35.6 Å². The van der Waals surface area contributed by atoms with Gasteiger partial charge in [0.25, 0.3) is 5.78 Å². The van der Waals surface area contributed by atoms with Gasteiger partial charge in [-0.25, -0.2) is 0 Å². The summed E-state index contributed by atoms with van der Waals surface area (Å²) in [5.74, 6) is 0.0465. The van der Waals surface area contributed by atoms with Crippen molar-refractivity contribution < 1.29 is 19.4 Å². The quantitative estimate of drug-likeness (QED) is 0.0729. The van der Waals surface area contributed by atoms with Crippen molar-refractivity contribution in [3.8, 4) is 5.75 Å². The Kier molecular flexibility index (Phi) is 8.62. The predicted octanol–water partition coefficient (Wildman–Crippen LogP) is 6.88. The summed E-state index contributed by atoms with van der Waals surface area (Å²) in [6.07, 6.45) is 0.894. The summed E-state index contributed by atoms with van der Waals surface area (Å²) in [6.45, 7) is 4.81. The lowest BCUT2D eigenvalue weighted by molar-refractivity contribution is -0.132. The van der Waals surface area contributed by atoms with Crippen molar-refractivity contribution in [1.82, 2.24) is 10.2 Å². The summed E-state index contributed by atoms with van der Waals surface area (Å²) in [6, 6.07) is 25.2. The number of amides is 1. The Balaban J connectivity index is 1.52. The zero-order valence-electron chi connectivity index (χ0n) is 22.2. The number of ketones is 1. The van der Waals surface area contributed by atoms with Crippen LogP contribution < -0.4 is 9.64 Å².